The molecule has 0 aromatic heterocycles. The third kappa shape index (κ3) is 2.94. The fourth-order valence-electron chi connectivity index (χ4n) is 3.28. The van der Waals surface area contributed by atoms with E-state index in [1.165, 1.54) is 32.1 Å². The summed E-state index contributed by atoms with van der Waals surface area (Å²) < 4.78 is 0. The quantitative estimate of drug-likeness (QED) is 0.737. The van der Waals surface area contributed by atoms with E-state index in [-0.39, 0.29) is 0 Å². The molecule has 3 unspecified atom stereocenters. The van der Waals surface area contributed by atoms with Crippen LogP contribution in [0.2, 0.25) is 0 Å². The van der Waals surface area contributed by atoms with Crippen molar-refractivity contribution in [2.45, 2.75) is 64.4 Å². The third-order valence-corrected chi connectivity index (χ3v) is 4.16. The van der Waals surface area contributed by atoms with Gasteiger partial charge in [-0.1, -0.05) is 46.0 Å². The molecule has 0 amide bonds. The van der Waals surface area contributed by atoms with Crippen molar-refractivity contribution in [3.8, 4) is 0 Å². The monoisotopic (exact) mass is 213 g/mol. The minimum atomic E-state index is -0.587. The number of nitrogens with two attached hydrogens (primary N) is 1. The Labute approximate surface area is 94.2 Å². The van der Waals surface area contributed by atoms with Gasteiger partial charge in [0.05, 0.1) is 5.60 Å². The minimum absolute atomic E-state index is 0.433. The molecule has 1 fully saturated rings. The zero-order chi connectivity index (χ0) is 11.3. The van der Waals surface area contributed by atoms with E-state index >= 15 is 0 Å². The van der Waals surface area contributed by atoms with Crippen molar-refractivity contribution in [2.75, 3.05) is 6.54 Å². The standard InChI is InChI=1S/C13H27NO/c1-3-9-13(15,10-14)12-8-6-5-7-11(12)4-2/h11-12,15H,3-10,14H2,1-2H3. The summed E-state index contributed by atoms with van der Waals surface area (Å²) in [5.74, 6) is 1.14. The first kappa shape index (κ1) is 13.0. The van der Waals surface area contributed by atoms with Gasteiger partial charge in [-0.05, 0) is 24.7 Å². The van der Waals surface area contributed by atoms with Gasteiger partial charge in [-0.15, -0.1) is 0 Å². The lowest BCUT2D eigenvalue weighted by atomic mass is 9.67. The van der Waals surface area contributed by atoms with Crippen molar-refractivity contribution < 1.29 is 5.11 Å². The van der Waals surface area contributed by atoms with E-state index in [1.54, 1.807) is 0 Å². The molecule has 0 heterocycles. The van der Waals surface area contributed by atoms with Gasteiger partial charge in [0, 0.05) is 6.54 Å². The predicted molar refractivity (Wildman–Crippen MR) is 64.7 cm³/mol. The predicted octanol–water partition coefficient (Wildman–Crippen LogP) is 2.69. The molecule has 0 aromatic carbocycles. The maximum atomic E-state index is 10.6. The lowest BCUT2D eigenvalue weighted by molar-refractivity contribution is -0.0575. The molecule has 2 heteroatoms. The molecule has 2 nitrogen and oxygen atoms in total. The molecule has 90 valence electrons. The van der Waals surface area contributed by atoms with Crippen LogP contribution in [0.4, 0.5) is 0 Å². The zero-order valence-electron chi connectivity index (χ0n) is 10.3. The summed E-state index contributed by atoms with van der Waals surface area (Å²) in [6.07, 6.45) is 8.15. The number of aliphatic hydroxyl groups is 1. The van der Waals surface area contributed by atoms with Crippen LogP contribution in [-0.2, 0) is 0 Å². The highest BCUT2D eigenvalue weighted by Crippen LogP contribution is 2.40. The summed E-state index contributed by atoms with van der Waals surface area (Å²) >= 11 is 0. The first-order chi connectivity index (χ1) is 7.18. The van der Waals surface area contributed by atoms with Crippen molar-refractivity contribution in [1.82, 2.24) is 0 Å². The highest BCUT2D eigenvalue weighted by molar-refractivity contribution is 4.92. The first-order valence-corrected chi connectivity index (χ1v) is 6.60. The molecule has 1 aliphatic rings. The van der Waals surface area contributed by atoms with Gasteiger partial charge in [0.15, 0.2) is 0 Å². The van der Waals surface area contributed by atoms with Crippen LogP contribution in [-0.4, -0.2) is 17.3 Å². The normalized spacial score (nSPS) is 31.2. The summed E-state index contributed by atoms with van der Waals surface area (Å²) in [4.78, 5) is 0. The van der Waals surface area contributed by atoms with Crippen LogP contribution < -0.4 is 5.73 Å². The third-order valence-electron chi connectivity index (χ3n) is 4.16. The van der Waals surface area contributed by atoms with Crippen molar-refractivity contribution >= 4 is 0 Å². The van der Waals surface area contributed by atoms with Crippen LogP contribution in [0.25, 0.3) is 0 Å². The van der Waals surface area contributed by atoms with E-state index in [2.05, 4.69) is 13.8 Å². The molecule has 3 atom stereocenters. The van der Waals surface area contributed by atoms with Crippen LogP contribution in [0.3, 0.4) is 0 Å². The summed E-state index contributed by atoms with van der Waals surface area (Å²) in [7, 11) is 0. The molecular weight excluding hydrogens is 186 g/mol. The fourth-order valence-corrected chi connectivity index (χ4v) is 3.28. The van der Waals surface area contributed by atoms with Crippen molar-refractivity contribution in [3.63, 3.8) is 0 Å². The second kappa shape index (κ2) is 5.86. The Kier molecular flexibility index (Phi) is 5.07. The molecule has 0 aliphatic heterocycles. The van der Waals surface area contributed by atoms with Gasteiger partial charge >= 0.3 is 0 Å². The van der Waals surface area contributed by atoms with E-state index in [0.29, 0.717) is 18.4 Å². The van der Waals surface area contributed by atoms with Gasteiger partial charge < -0.3 is 10.8 Å². The largest absolute Gasteiger partial charge is 0.388 e. The molecule has 0 radical (unpaired) electrons. The molecule has 3 N–H and O–H groups in total. The SMILES string of the molecule is CCCC(O)(CN)C1CCCCC1CC. The van der Waals surface area contributed by atoms with Crippen LogP contribution in [0.5, 0.6) is 0 Å². The zero-order valence-corrected chi connectivity index (χ0v) is 10.3. The van der Waals surface area contributed by atoms with Gasteiger partial charge in [0.25, 0.3) is 0 Å². The summed E-state index contributed by atoms with van der Waals surface area (Å²) in [5, 5.41) is 10.6. The van der Waals surface area contributed by atoms with Crippen molar-refractivity contribution in [2.24, 2.45) is 17.6 Å². The van der Waals surface area contributed by atoms with Gasteiger partial charge in [-0.25, -0.2) is 0 Å². The average molecular weight is 213 g/mol. The Bertz CT molecular complexity index is 183. The molecule has 0 saturated heterocycles. The molecule has 0 spiro atoms. The summed E-state index contributed by atoms with van der Waals surface area (Å²) in [5.41, 5.74) is 5.20. The van der Waals surface area contributed by atoms with Crippen LogP contribution in [0.15, 0.2) is 0 Å². The van der Waals surface area contributed by atoms with E-state index in [0.717, 1.165) is 12.8 Å². The Morgan fingerprint density at radius 3 is 2.47 bits per heavy atom. The average Bonchev–Trinajstić information content (AvgIpc) is 2.29. The Morgan fingerprint density at radius 2 is 1.93 bits per heavy atom. The van der Waals surface area contributed by atoms with Crippen LogP contribution in [0, 0.1) is 11.8 Å². The number of hydrogen-bond donors (Lipinski definition) is 2. The summed E-state index contributed by atoms with van der Waals surface area (Å²) in [6, 6.07) is 0. The number of hydrogen-bond acceptors (Lipinski definition) is 2. The smallest absolute Gasteiger partial charge is 0.0799 e. The van der Waals surface area contributed by atoms with Gasteiger partial charge in [-0.3, -0.25) is 0 Å². The molecule has 0 aromatic rings. The molecule has 1 aliphatic carbocycles. The van der Waals surface area contributed by atoms with Gasteiger partial charge in [-0.2, -0.15) is 0 Å². The Morgan fingerprint density at radius 1 is 1.27 bits per heavy atom. The second-order valence-electron chi connectivity index (χ2n) is 5.12. The topological polar surface area (TPSA) is 46.2 Å². The summed E-state index contributed by atoms with van der Waals surface area (Å²) in [6.45, 7) is 4.80. The Balaban J connectivity index is 2.70. The van der Waals surface area contributed by atoms with E-state index in [4.69, 9.17) is 5.73 Å². The molecule has 0 bridgehead atoms. The first-order valence-electron chi connectivity index (χ1n) is 6.60. The van der Waals surface area contributed by atoms with Gasteiger partial charge in [0.2, 0.25) is 0 Å². The van der Waals surface area contributed by atoms with E-state index < -0.39 is 5.60 Å². The lowest BCUT2D eigenvalue weighted by Crippen LogP contribution is -2.48. The lowest BCUT2D eigenvalue weighted by Gasteiger charge is -2.42. The molecular formula is C13H27NO. The number of rotatable bonds is 5. The maximum Gasteiger partial charge on any atom is 0.0799 e. The second-order valence-corrected chi connectivity index (χ2v) is 5.12. The minimum Gasteiger partial charge on any atom is -0.388 e. The Hall–Kier alpha value is -0.0800. The highest BCUT2D eigenvalue weighted by Gasteiger charge is 2.39. The van der Waals surface area contributed by atoms with E-state index in [9.17, 15) is 5.11 Å². The van der Waals surface area contributed by atoms with Crippen LogP contribution in [0.1, 0.15) is 58.8 Å². The van der Waals surface area contributed by atoms with Crippen LogP contribution >= 0.6 is 0 Å². The molecule has 1 rings (SSSR count). The molecule has 15 heavy (non-hydrogen) atoms. The highest BCUT2D eigenvalue weighted by atomic mass is 16.3. The van der Waals surface area contributed by atoms with Crippen molar-refractivity contribution in [3.05, 3.63) is 0 Å². The maximum absolute atomic E-state index is 10.6. The fraction of sp³-hybridized carbons (Fsp3) is 1.00. The van der Waals surface area contributed by atoms with E-state index in [1.807, 2.05) is 0 Å². The van der Waals surface area contributed by atoms with Gasteiger partial charge in [0.1, 0.15) is 0 Å². The van der Waals surface area contributed by atoms with Crippen molar-refractivity contribution in [1.29, 1.82) is 0 Å². The molecule has 1 saturated carbocycles.